The van der Waals surface area contributed by atoms with Crippen molar-refractivity contribution in [2.75, 3.05) is 0 Å². The molecule has 66 valence electrons. The smallest absolute Gasteiger partial charge is 0.140 e. The van der Waals surface area contributed by atoms with E-state index in [9.17, 15) is 4.39 Å². The van der Waals surface area contributed by atoms with Crippen LogP contribution >= 0.6 is 22.9 Å². The molecule has 0 aliphatic rings. The molecule has 0 saturated carbocycles. The maximum atomic E-state index is 13.2. The zero-order chi connectivity index (χ0) is 9.26. The van der Waals surface area contributed by atoms with Crippen molar-refractivity contribution in [3.8, 4) is 10.6 Å². The predicted molar refractivity (Wildman–Crippen MR) is 52.5 cm³/mol. The molecule has 0 saturated heterocycles. The van der Waals surface area contributed by atoms with Gasteiger partial charge in [0, 0.05) is 10.9 Å². The Morgan fingerprint density at radius 1 is 1.31 bits per heavy atom. The molecular weight excluding hydrogens is 209 g/mol. The third kappa shape index (κ3) is 1.71. The van der Waals surface area contributed by atoms with Crippen molar-refractivity contribution in [1.82, 2.24) is 4.98 Å². The quantitative estimate of drug-likeness (QED) is 0.705. The van der Waals surface area contributed by atoms with E-state index in [2.05, 4.69) is 4.98 Å². The van der Waals surface area contributed by atoms with Gasteiger partial charge in [-0.25, -0.2) is 9.37 Å². The lowest BCUT2D eigenvalue weighted by Crippen LogP contribution is -1.81. The second-order valence-corrected chi connectivity index (χ2v) is 3.70. The summed E-state index contributed by atoms with van der Waals surface area (Å²) in [6, 6.07) is 6.51. The highest BCUT2D eigenvalue weighted by Gasteiger charge is 2.07. The lowest BCUT2D eigenvalue weighted by atomic mass is 10.2. The molecule has 0 spiro atoms. The number of thiazole rings is 1. The van der Waals surface area contributed by atoms with Gasteiger partial charge in [0.25, 0.3) is 0 Å². The van der Waals surface area contributed by atoms with Crippen molar-refractivity contribution < 1.29 is 4.39 Å². The molecule has 13 heavy (non-hydrogen) atoms. The van der Waals surface area contributed by atoms with Gasteiger partial charge in [-0.3, -0.25) is 0 Å². The summed E-state index contributed by atoms with van der Waals surface area (Å²) in [5.41, 5.74) is 0.499. The number of aromatic nitrogens is 1. The zero-order valence-electron chi connectivity index (χ0n) is 6.50. The van der Waals surface area contributed by atoms with Crippen molar-refractivity contribution in [2.45, 2.75) is 0 Å². The monoisotopic (exact) mass is 213 g/mol. The van der Waals surface area contributed by atoms with Gasteiger partial charge in [-0.15, -0.1) is 11.3 Å². The summed E-state index contributed by atoms with van der Waals surface area (Å²) in [7, 11) is 0. The van der Waals surface area contributed by atoms with Crippen LogP contribution in [-0.2, 0) is 0 Å². The van der Waals surface area contributed by atoms with Crippen LogP contribution in [0.2, 0.25) is 5.15 Å². The Bertz CT molecular complexity index is 427. The number of benzene rings is 1. The fourth-order valence-corrected chi connectivity index (χ4v) is 1.99. The van der Waals surface area contributed by atoms with Crippen molar-refractivity contribution in [2.24, 2.45) is 0 Å². The highest BCUT2D eigenvalue weighted by molar-refractivity contribution is 7.13. The molecule has 0 radical (unpaired) electrons. The van der Waals surface area contributed by atoms with E-state index in [0.717, 1.165) is 0 Å². The Balaban J connectivity index is 2.52. The van der Waals surface area contributed by atoms with Crippen LogP contribution in [0.5, 0.6) is 0 Å². The standard InChI is InChI=1S/C9H5ClFNS/c10-8-5-13-9(12-8)6-3-1-2-4-7(6)11/h1-5H. The van der Waals surface area contributed by atoms with Crippen LogP contribution in [0.1, 0.15) is 0 Å². The third-order valence-electron chi connectivity index (χ3n) is 1.58. The molecule has 0 aliphatic carbocycles. The summed E-state index contributed by atoms with van der Waals surface area (Å²) in [5, 5.41) is 2.70. The first-order valence-corrected chi connectivity index (χ1v) is 4.89. The first kappa shape index (κ1) is 8.66. The molecular formula is C9H5ClFNS. The van der Waals surface area contributed by atoms with Gasteiger partial charge >= 0.3 is 0 Å². The van der Waals surface area contributed by atoms with E-state index in [1.165, 1.54) is 17.4 Å². The van der Waals surface area contributed by atoms with Gasteiger partial charge in [-0.2, -0.15) is 0 Å². The van der Waals surface area contributed by atoms with E-state index in [1.54, 1.807) is 23.6 Å². The summed E-state index contributed by atoms with van der Waals surface area (Å²) in [6.07, 6.45) is 0. The van der Waals surface area contributed by atoms with Crippen molar-refractivity contribution in [3.63, 3.8) is 0 Å². The summed E-state index contributed by atoms with van der Waals surface area (Å²) < 4.78 is 13.2. The normalized spacial score (nSPS) is 10.3. The lowest BCUT2D eigenvalue weighted by Gasteiger charge is -1.96. The van der Waals surface area contributed by atoms with E-state index in [-0.39, 0.29) is 5.82 Å². The molecule has 2 aromatic rings. The third-order valence-corrected chi connectivity index (χ3v) is 2.78. The summed E-state index contributed by atoms with van der Waals surface area (Å²) >= 11 is 6.97. The molecule has 0 fully saturated rings. The second-order valence-electron chi connectivity index (χ2n) is 2.46. The fraction of sp³-hybridized carbons (Fsp3) is 0. The molecule has 2 rings (SSSR count). The lowest BCUT2D eigenvalue weighted by molar-refractivity contribution is 0.631. The number of hydrogen-bond acceptors (Lipinski definition) is 2. The van der Waals surface area contributed by atoms with Crippen molar-refractivity contribution >= 4 is 22.9 Å². The molecule has 0 amide bonds. The molecule has 1 aromatic heterocycles. The fourth-order valence-electron chi connectivity index (χ4n) is 1.01. The summed E-state index contributed by atoms with van der Waals surface area (Å²) in [6.45, 7) is 0. The summed E-state index contributed by atoms with van der Waals surface area (Å²) in [4.78, 5) is 3.99. The van der Waals surface area contributed by atoms with E-state index in [0.29, 0.717) is 15.7 Å². The molecule has 0 aliphatic heterocycles. The van der Waals surface area contributed by atoms with E-state index < -0.39 is 0 Å². The van der Waals surface area contributed by atoms with Crippen LogP contribution < -0.4 is 0 Å². The predicted octanol–water partition coefficient (Wildman–Crippen LogP) is 3.60. The van der Waals surface area contributed by atoms with Crippen LogP contribution in [0.4, 0.5) is 4.39 Å². The SMILES string of the molecule is Fc1ccccc1-c1nc(Cl)cs1. The Morgan fingerprint density at radius 2 is 2.08 bits per heavy atom. The van der Waals surface area contributed by atoms with Crippen molar-refractivity contribution in [3.05, 3.63) is 40.6 Å². The molecule has 0 unspecified atom stereocenters. The number of hydrogen-bond donors (Lipinski definition) is 0. The molecule has 4 heteroatoms. The van der Waals surface area contributed by atoms with E-state index in [4.69, 9.17) is 11.6 Å². The van der Waals surface area contributed by atoms with Crippen LogP contribution in [0.15, 0.2) is 29.6 Å². The minimum absolute atomic E-state index is 0.270. The van der Waals surface area contributed by atoms with Gasteiger partial charge in [0.2, 0.25) is 0 Å². The van der Waals surface area contributed by atoms with E-state index in [1.807, 2.05) is 0 Å². The average Bonchev–Trinajstić information content (AvgIpc) is 2.53. The first-order valence-electron chi connectivity index (χ1n) is 3.63. The number of halogens is 2. The van der Waals surface area contributed by atoms with Gasteiger partial charge < -0.3 is 0 Å². The van der Waals surface area contributed by atoms with E-state index >= 15 is 0 Å². The minimum Gasteiger partial charge on any atom is -0.224 e. The van der Waals surface area contributed by atoms with Crippen LogP contribution in [0.3, 0.4) is 0 Å². The van der Waals surface area contributed by atoms with Crippen molar-refractivity contribution in [1.29, 1.82) is 0 Å². The Labute approximate surface area is 83.8 Å². The van der Waals surface area contributed by atoms with Gasteiger partial charge in [0.15, 0.2) is 0 Å². The molecule has 1 heterocycles. The maximum Gasteiger partial charge on any atom is 0.140 e. The minimum atomic E-state index is -0.270. The Kier molecular flexibility index (Phi) is 2.29. The molecule has 1 aromatic carbocycles. The molecule has 0 bridgehead atoms. The van der Waals surface area contributed by atoms with Gasteiger partial charge in [-0.1, -0.05) is 23.7 Å². The average molecular weight is 214 g/mol. The first-order chi connectivity index (χ1) is 6.27. The zero-order valence-corrected chi connectivity index (χ0v) is 8.07. The number of rotatable bonds is 1. The van der Waals surface area contributed by atoms with Gasteiger partial charge in [0.1, 0.15) is 16.0 Å². The summed E-state index contributed by atoms with van der Waals surface area (Å²) in [5.74, 6) is -0.270. The Morgan fingerprint density at radius 3 is 2.69 bits per heavy atom. The Hall–Kier alpha value is -0.930. The van der Waals surface area contributed by atoms with Gasteiger partial charge in [-0.05, 0) is 12.1 Å². The van der Waals surface area contributed by atoms with Crippen LogP contribution in [0, 0.1) is 5.82 Å². The van der Waals surface area contributed by atoms with Gasteiger partial charge in [0.05, 0.1) is 0 Å². The molecule has 0 atom stereocenters. The molecule has 1 nitrogen and oxygen atoms in total. The molecule has 0 N–H and O–H groups in total. The second kappa shape index (κ2) is 3.44. The maximum absolute atomic E-state index is 13.2. The topological polar surface area (TPSA) is 12.9 Å². The highest BCUT2D eigenvalue weighted by Crippen LogP contribution is 2.27. The highest BCUT2D eigenvalue weighted by atomic mass is 35.5. The van der Waals surface area contributed by atoms with Crippen LogP contribution in [0.25, 0.3) is 10.6 Å². The number of nitrogens with zero attached hydrogens (tertiary/aromatic N) is 1. The largest absolute Gasteiger partial charge is 0.224 e. The van der Waals surface area contributed by atoms with Crippen LogP contribution in [-0.4, -0.2) is 4.98 Å².